The van der Waals surface area contributed by atoms with Crippen molar-refractivity contribution in [1.29, 1.82) is 0 Å². The van der Waals surface area contributed by atoms with E-state index in [1.807, 2.05) is 71.7 Å². The van der Waals surface area contributed by atoms with E-state index < -0.39 is 0 Å². The summed E-state index contributed by atoms with van der Waals surface area (Å²) in [5.74, 6) is 0.819. The fraction of sp³-hybridized carbons (Fsp3) is 0. The van der Waals surface area contributed by atoms with Gasteiger partial charge in [0, 0.05) is 47.5 Å². The topological polar surface area (TPSA) is 69.4 Å². The number of hydrogen-bond acceptors (Lipinski definition) is 5. The number of pyridine rings is 4. The van der Waals surface area contributed by atoms with Crippen LogP contribution in [0.3, 0.4) is 0 Å². The Bertz CT molecular complexity index is 1540. The molecule has 156 valence electrons. The summed E-state index contributed by atoms with van der Waals surface area (Å²) in [6.45, 7) is 0. The lowest BCUT2D eigenvalue weighted by Crippen LogP contribution is -1.96. The Labute approximate surface area is 190 Å². The third-order valence-electron chi connectivity index (χ3n) is 5.49. The number of rotatable bonds is 4. The van der Waals surface area contributed by atoms with Crippen molar-refractivity contribution in [1.82, 2.24) is 29.5 Å². The van der Waals surface area contributed by atoms with E-state index in [0.29, 0.717) is 0 Å². The average Bonchev–Trinajstić information content (AvgIpc) is 3.35. The van der Waals surface area contributed by atoms with Crippen molar-refractivity contribution in [3.63, 3.8) is 0 Å². The van der Waals surface area contributed by atoms with E-state index in [2.05, 4.69) is 44.2 Å². The maximum atomic E-state index is 4.92. The zero-order valence-corrected chi connectivity index (χ0v) is 17.6. The summed E-state index contributed by atoms with van der Waals surface area (Å²) in [7, 11) is 0. The van der Waals surface area contributed by atoms with Gasteiger partial charge in [-0.2, -0.15) is 0 Å². The number of hydrogen-bond donors (Lipinski definition) is 0. The van der Waals surface area contributed by atoms with Crippen LogP contribution in [0.1, 0.15) is 0 Å². The first-order valence-corrected chi connectivity index (χ1v) is 10.6. The standard InChI is InChI=1S/C27H18N6/c1-2-14-29-23(7-1)24-18-33(22-6-4-13-28-17-22)27(32-24)21-10-8-20(9-11-21)26-25-19(12-16-31-26)5-3-15-30-25/h1-18H. The van der Waals surface area contributed by atoms with E-state index in [-0.39, 0.29) is 0 Å². The maximum Gasteiger partial charge on any atom is 0.145 e. The zero-order valence-electron chi connectivity index (χ0n) is 17.6. The molecule has 0 N–H and O–H groups in total. The van der Waals surface area contributed by atoms with Gasteiger partial charge in [0.2, 0.25) is 0 Å². The summed E-state index contributed by atoms with van der Waals surface area (Å²) >= 11 is 0. The highest BCUT2D eigenvalue weighted by molar-refractivity contribution is 5.91. The number of benzene rings is 1. The van der Waals surface area contributed by atoms with Crippen molar-refractivity contribution in [2.24, 2.45) is 0 Å². The second kappa shape index (κ2) is 8.09. The molecule has 0 spiro atoms. The molecule has 6 aromatic rings. The second-order valence-corrected chi connectivity index (χ2v) is 7.56. The molecule has 0 fully saturated rings. The lowest BCUT2D eigenvalue weighted by molar-refractivity contribution is 1.05. The van der Waals surface area contributed by atoms with E-state index >= 15 is 0 Å². The van der Waals surface area contributed by atoms with E-state index in [1.165, 1.54) is 0 Å². The van der Waals surface area contributed by atoms with Gasteiger partial charge in [-0.3, -0.25) is 24.5 Å². The van der Waals surface area contributed by atoms with E-state index in [9.17, 15) is 0 Å². The first-order chi connectivity index (χ1) is 16.4. The molecule has 5 heterocycles. The van der Waals surface area contributed by atoms with Crippen LogP contribution in [-0.2, 0) is 0 Å². The predicted molar refractivity (Wildman–Crippen MR) is 129 cm³/mol. The Morgan fingerprint density at radius 2 is 1.45 bits per heavy atom. The molecule has 6 heteroatoms. The van der Waals surface area contributed by atoms with Crippen LogP contribution >= 0.6 is 0 Å². The third-order valence-corrected chi connectivity index (χ3v) is 5.49. The summed E-state index contributed by atoms with van der Waals surface area (Å²) in [5, 5.41) is 1.07. The summed E-state index contributed by atoms with van der Waals surface area (Å²) in [4.78, 5) is 22.8. The Kier molecular flexibility index (Phi) is 4.66. The van der Waals surface area contributed by atoms with Crippen LogP contribution in [0, 0.1) is 0 Å². The quantitative estimate of drug-likeness (QED) is 0.367. The molecule has 1 aromatic carbocycles. The van der Waals surface area contributed by atoms with Gasteiger partial charge in [-0.05, 0) is 36.4 Å². The van der Waals surface area contributed by atoms with Gasteiger partial charge in [0.15, 0.2) is 0 Å². The minimum atomic E-state index is 0.804. The molecule has 0 unspecified atom stereocenters. The van der Waals surface area contributed by atoms with Crippen LogP contribution in [0.4, 0.5) is 0 Å². The summed E-state index contributed by atoms with van der Waals surface area (Å²) in [5.41, 5.74) is 6.31. The van der Waals surface area contributed by atoms with Crippen molar-refractivity contribution in [3.8, 4) is 39.7 Å². The summed E-state index contributed by atoms with van der Waals surface area (Å²) in [6.07, 6.45) is 11.0. The zero-order chi connectivity index (χ0) is 22.0. The van der Waals surface area contributed by atoms with Crippen LogP contribution in [0.5, 0.6) is 0 Å². The molecule has 6 rings (SSSR count). The van der Waals surface area contributed by atoms with Crippen LogP contribution in [0.25, 0.3) is 50.6 Å². The Balaban J connectivity index is 1.46. The van der Waals surface area contributed by atoms with Crippen molar-refractivity contribution >= 4 is 10.9 Å². The first-order valence-electron chi connectivity index (χ1n) is 10.6. The lowest BCUT2D eigenvalue weighted by Gasteiger charge is -2.09. The number of fused-ring (bicyclic) bond motifs is 1. The molecule has 0 aliphatic heterocycles. The predicted octanol–water partition coefficient (Wildman–Crippen LogP) is 5.61. The number of nitrogens with zero attached hydrogens (tertiary/aromatic N) is 6. The van der Waals surface area contributed by atoms with Gasteiger partial charge in [0.1, 0.15) is 11.5 Å². The van der Waals surface area contributed by atoms with E-state index in [0.717, 1.165) is 50.6 Å². The minimum absolute atomic E-state index is 0.804. The molecule has 33 heavy (non-hydrogen) atoms. The number of aromatic nitrogens is 6. The molecule has 0 saturated carbocycles. The molecule has 0 aliphatic rings. The molecular weight excluding hydrogens is 408 g/mol. The minimum Gasteiger partial charge on any atom is -0.298 e. The first kappa shape index (κ1) is 19.0. The highest BCUT2D eigenvalue weighted by Crippen LogP contribution is 2.30. The fourth-order valence-electron chi connectivity index (χ4n) is 3.91. The van der Waals surface area contributed by atoms with Gasteiger partial charge in [-0.25, -0.2) is 4.98 Å². The Hall–Kier alpha value is -4.71. The molecule has 0 aliphatic carbocycles. The van der Waals surface area contributed by atoms with Gasteiger partial charge >= 0.3 is 0 Å². The van der Waals surface area contributed by atoms with Crippen molar-refractivity contribution in [2.45, 2.75) is 0 Å². The molecule has 0 saturated heterocycles. The molecule has 6 nitrogen and oxygen atoms in total. The van der Waals surface area contributed by atoms with Gasteiger partial charge < -0.3 is 0 Å². The highest BCUT2D eigenvalue weighted by atomic mass is 15.1. The van der Waals surface area contributed by atoms with Crippen molar-refractivity contribution in [2.75, 3.05) is 0 Å². The van der Waals surface area contributed by atoms with E-state index in [1.54, 1.807) is 18.6 Å². The second-order valence-electron chi connectivity index (χ2n) is 7.56. The van der Waals surface area contributed by atoms with Crippen LogP contribution < -0.4 is 0 Å². The number of imidazole rings is 1. The van der Waals surface area contributed by atoms with Crippen LogP contribution in [0.2, 0.25) is 0 Å². The van der Waals surface area contributed by atoms with Gasteiger partial charge in [-0.15, -0.1) is 0 Å². The SMILES string of the molecule is c1ccc(-c2cn(-c3cccnc3)c(-c3ccc(-c4nccc5cccnc45)cc3)n2)nc1. The highest BCUT2D eigenvalue weighted by Gasteiger charge is 2.15. The summed E-state index contributed by atoms with van der Waals surface area (Å²) in [6, 6.07) is 24.0. The van der Waals surface area contributed by atoms with Gasteiger partial charge in [0.25, 0.3) is 0 Å². The van der Waals surface area contributed by atoms with Crippen LogP contribution in [0.15, 0.2) is 110 Å². The molecular formula is C27H18N6. The molecule has 0 bridgehead atoms. The van der Waals surface area contributed by atoms with Crippen molar-refractivity contribution in [3.05, 3.63) is 110 Å². The Morgan fingerprint density at radius 3 is 2.27 bits per heavy atom. The summed E-state index contributed by atoms with van der Waals surface area (Å²) < 4.78 is 2.05. The normalized spacial score (nSPS) is 11.0. The maximum absolute atomic E-state index is 4.92. The Morgan fingerprint density at radius 1 is 0.606 bits per heavy atom. The fourth-order valence-corrected chi connectivity index (χ4v) is 3.91. The molecule has 0 radical (unpaired) electrons. The monoisotopic (exact) mass is 426 g/mol. The van der Waals surface area contributed by atoms with Gasteiger partial charge in [0.05, 0.1) is 28.8 Å². The van der Waals surface area contributed by atoms with Gasteiger partial charge in [-0.1, -0.05) is 36.4 Å². The van der Waals surface area contributed by atoms with Crippen LogP contribution in [-0.4, -0.2) is 29.5 Å². The third kappa shape index (κ3) is 3.53. The van der Waals surface area contributed by atoms with E-state index in [4.69, 9.17) is 4.98 Å². The average molecular weight is 426 g/mol. The smallest absolute Gasteiger partial charge is 0.145 e. The molecule has 0 amide bonds. The molecule has 0 atom stereocenters. The lowest BCUT2D eigenvalue weighted by atomic mass is 10.1. The van der Waals surface area contributed by atoms with Crippen molar-refractivity contribution < 1.29 is 0 Å². The molecule has 5 aromatic heterocycles. The largest absolute Gasteiger partial charge is 0.298 e.